The van der Waals surface area contributed by atoms with Crippen molar-refractivity contribution in [1.82, 2.24) is 0 Å². The summed E-state index contributed by atoms with van der Waals surface area (Å²) in [5.74, 6) is 1.07. The van der Waals surface area contributed by atoms with Gasteiger partial charge in [-0.25, -0.2) is 0 Å². The van der Waals surface area contributed by atoms with Gasteiger partial charge in [-0.1, -0.05) is 6.07 Å². The number of hydrogen-bond acceptors (Lipinski definition) is 6. The first-order valence-electron chi connectivity index (χ1n) is 5.21. The summed E-state index contributed by atoms with van der Waals surface area (Å²) in [6.07, 6.45) is 5.92. The Hall–Kier alpha value is -0.935. The molecule has 2 rings (SSSR count). The van der Waals surface area contributed by atoms with E-state index in [1.165, 1.54) is 0 Å². The van der Waals surface area contributed by atoms with Gasteiger partial charge in [0.25, 0.3) is 0 Å². The standard InChI is InChI=1S/C10H9N2.2ClH.2Cr.6O/c1-4-8-12(9-5-1)10-6-2-3-7-11-10;;;;;;;;;;/h1-9H;2*1H;;;;;;;;/q+1;;;2*+1;;;;;2*-1/p-1. The fourth-order valence-electron chi connectivity index (χ4n) is 1.10. The SMILES string of the molecule is [O]=[Cr](=[O])([O-])[Cl].[O]=[Cr](=[O])([O-])[Cl].c1cc[n+](-c2cccc[nH+]2)cc1. The fraction of sp³-hybridized carbons (Fsp3) is 0. The molecular formula is C10H10Cl2Cr2N2O6. The summed E-state index contributed by atoms with van der Waals surface area (Å²) in [6, 6.07) is 12.0. The fourth-order valence-corrected chi connectivity index (χ4v) is 1.10. The van der Waals surface area contributed by atoms with Gasteiger partial charge in [0.1, 0.15) is 0 Å². The van der Waals surface area contributed by atoms with Crippen molar-refractivity contribution < 1.29 is 57.8 Å². The molecule has 8 nitrogen and oxygen atoms in total. The van der Waals surface area contributed by atoms with E-state index in [-0.39, 0.29) is 0 Å². The summed E-state index contributed by atoms with van der Waals surface area (Å²) in [5.41, 5.74) is 0. The van der Waals surface area contributed by atoms with Crippen LogP contribution in [-0.2, 0) is 39.9 Å². The van der Waals surface area contributed by atoms with Gasteiger partial charge in [0.15, 0.2) is 18.6 Å². The minimum Gasteiger partial charge on any atom is -0.155 e. The van der Waals surface area contributed by atoms with Gasteiger partial charge >= 0.3 is 74.2 Å². The molecule has 0 aliphatic carbocycles. The largest absolute Gasteiger partial charge is 0.447 e. The molecule has 0 unspecified atom stereocenters. The Bertz CT molecular complexity index is 671. The second-order valence-electron chi connectivity index (χ2n) is 3.32. The quantitative estimate of drug-likeness (QED) is 0.551. The Morgan fingerprint density at radius 3 is 1.68 bits per heavy atom. The van der Waals surface area contributed by atoms with Crippen molar-refractivity contribution in [3.63, 3.8) is 0 Å². The Morgan fingerprint density at radius 1 is 0.864 bits per heavy atom. The summed E-state index contributed by atoms with van der Waals surface area (Å²) in [5, 5.41) is 0. The number of nitrogens with one attached hydrogen (secondary N) is 1. The normalized spacial score (nSPS) is 10.5. The van der Waals surface area contributed by atoms with Crippen LogP contribution in [0.15, 0.2) is 55.0 Å². The number of nitrogens with zero attached hydrogens (tertiary/aromatic N) is 1. The molecule has 0 spiro atoms. The molecule has 0 aliphatic rings. The maximum Gasteiger partial charge on any atom is 0.447 e. The van der Waals surface area contributed by atoms with Crippen LogP contribution in [-0.4, -0.2) is 0 Å². The van der Waals surface area contributed by atoms with Gasteiger partial charge in [-0.2, -0.15) is 4.98 Å². The van der Waals surface area contributed by atoms with Crippen LogP contribution in [0.3, 0.4) is 0 Å². The predicted octanol–water partition coefficient (Wildman–Crippen LogP) is -0.702. The first kappa shape index (κ1) is 21.1. The van der Waals surface area contributed by atoms with E-state index in [0.29, 0.717) is 0 Å². The summed E-state index contributed by atoms with van der Waals surface area (Å²) in [7, 11) is 8.04. The van der Waals surface area contributed by atoms with E-state index < -0.39 is 24.7 Å². The number of halogens is 2. The van der Waals surface area contributed by atoms with Gasteiger partial charge in [-0.15, -0.1) is 4.57 Å². The molecule has 2 aromatic rings. The van der Waals surface area contributed by atoms with Crippen LogP contribution >= 0.6 is 20.1 Å². The molecule has 22 heavy (non-hydrogen) atoms. The van der Waals surface area contributed by atoms with Crippen molar-refractivity contribution in [2.75, 3.05) is 0 Å². The minimum atomic E-state index is -5.03. The third kappa shape index (κ3) is 17.1. The number of rotatable bonds is 1. The van der Waals surface area contributed by atoms with Crippen molar-refractivity contribution in [3.8, 4) is 5.82 Å². The second-order valence-corrected chi connectivity index (χ2v) is 8.89. The third-order valence-corrected chi connectivity index (χ3v) is 1.69. The van der Waals surface area contributed by atoms with Crippen LogP contribution < -0.4 is 17.9 Å². The van der Waals surface area contributed by atoms with Crippen LogP contribution in [0.4, 0.5) is 0 Å². The monoisotopic (exact) mass is 428 g/mol. The van der Waals surface area contributed by atoms with Crippen molar-refractivity contribution in [2.24, 2.45) is 0 Å². The number of aromatic nitrogens is 2. The molecule has 0 saturated heterocycles. The van der Waals surface area contributed by atoms with Gasteiger partial charge in [0.2, 0.25) is 0 Å². The molecule has 122 valence electrons. The molecule has 0 fully saturated rings. The molecule has 0 amide bonds. The summed E-state index contributed by atoms with van der Waals surface area (Å²) in [4.78, 5) is 3.15. The molecule has 2 aromatic heterocycles. The van der Waals surface area contributed by atoms with E-state index in [4.69, 9.17) is 23.5 Å². The number of H-pyrrole nitrogens is 1. The number of hydrogen-bond donors (Lipinski definition) is 0. The first-order chi connectivity index (χ1) is 9.97. The Morgan fingerprint density at radius 2 is 1.32 bits per heavy atom. The first-order valence-corrected chi connectivity index (χ1v) is 11.8. The smallest absolute Gasteiger partial charge is 0.155 e. The third-order valence-electron chi connectivity index (χ3n) is 1.69. The molecule has 1 N–H and O–H groups in total. The average molecular weight is 429 g/mol. The van der Waals surface area contributed by atoms with Crippen LogP contribution in [0.5, 0.6) is 0 Å². The van der Waals surface area contributed by atoms with Gasteiger partial charge in [0.05, 0.1) is 6.07 Å². The van der Waals surface area contributed by atoms with E-state index >= 15 is 0 Å². The van der Waals surface area contributed by atoms with Crippen LogP contribution in [0.25, 0.3) is 5.82 Å². The van der Waals surface area contributed by atoms with Crippen LogP contribution in [0, 0.1) is 0 Å². The molecule has 0 saturated carbocycles. The van der Waals surface area contributed by atoms with Crippen molar-refractivity contribution in [2.45, 2.75) is 0 Å². The summed E-state index contributed by atoms with van der Waals surface area (Å²) < 4.78 is 55.5. The van der Waals surface area contributed by atoms with E-state index in [2.05, 4.69) is 25.1 Å². The van der Waals surface area contributed by atoms with Crippen LogP contribution in [0.1, 0.15) is 0 Å². The molecule has 0 bridgehead atoms. The number of aromatic amines is 1. The Balaban J connectivity index is 0.000000372. The molecule has 0 aliphatic heterocycles. The Labute approximate surface area is 138 Å². The molecule has 0 aromatic carbocycles. The van der Waals surface area contributed by atoms with Crippen molar-refractivity contribution >= 4 is 20.1 Å². The van der Waals surface area contributed by atoms with E-state index in [0.717, 1.165) is 5.82 Å². The summed E-state index contributed by atoms with van der Waals surface area (Å²) >= 11 is -10.1. The van der Waals surface area contributed by atoms with Gasteiger partial charge in [-0.3, -0.25) is 0 Å². The zero-order valence-corrected chi connectivity index (χ0v) is 14.7. The van der Waals surface area contributed by atoms with Crippen molar-refractivity contribution in [1.29, 1.82) is 0 Å². The van der Waals surface area contributed by atoms with E-state index in [1.54, 1.807) is 0 Å². The van der Waals surface area contributed by atoms with E-state index in [9.17, 15) is 0 Å². The topological polar surface area (TPSA) is 132 Å². The van der Waals surface area contributed by atoms with E-state index in [1.807, 2.05) is 59.6 Å². The van der Waals surface area contributed by atoms with Crippen molar-refractivity contribution in [3.05, 3.63) is 55.0 Å². The molecule has 0 atom stereocenters. The van der Waals surface area contributed by atoms with Gasteiger partial charge in [-0.05, 0) is 6.07 Å². The molecular weight excluding hydrogens is 419 g/mol. The minimum absolute atomic E-state index is 1.07. The average Bonchev–Trinajstić information content (AvgIpc) is 2.37. The number of pyridine rings is 2. The predicted molar refractivity (Wildman–Crippen MR) is 59.0 cm³/mol. The molecule has 12 heteroatoms. The maximum atomic E-state index is 8.91. The zero-order chi connectivity index (χ0) is 17.2. The summed E-state index contributed by atoms with van der Waals surface area (Å²) in [6.45, 7) is 0. The second kappa shape index (κ2) is 9.96. The van der Waals surface area contributed by atoms with Gasteiger partial charge in [0, 0.05) is 18.2 Å². The molecule has 0 radical (unpaired) electrons. The van der Waals surface area contributed by atoms with Crippen LogP contribution in [0.2, 0.25) is 0 Å². The molecule has 2 heterocycles. The zero-order valence-electron chi connectivity index (χ0n) is 10.7. The maximum absolute atomic E-state index is 8.91. The Kier molecular flexibility index (Phi) is 9.53. The van der Waals surface area contributed by atoms with Gasteiger partial charge < -0.3 is 0 Å².